The Kier molecular flexibility index (Phi) is 24.0. The highest BCUT2D eigenvalue weighted by atomic mass is 35.5. The van der Waals surface area contributed by atoms with Crippen molar-refractivity contribution in [1.29, 1.82) is 0 Å². The zero-order valence-corrected chi connectivity index (χ0v) is 40.1. The van der Waals surface area contributed by atoms with Crippen LogP contribution in [0.25, 0.3) is 0 Å². The van der Waals surface area contributed by atoms with E-state index in [1.165, 1.54) is 186 Å². The van der Waals surface area contributed by atoms with Gasteiger partial charge in [0.2, 0.25) is 0 Å². The molecule has 0 bridgehead atoms. The molecule has 3 rings (SSSR count). The molecule has 0 amide bonds. The Balaban J connectivity index is 1.69. The summed E-state index contributed by atoms with van der Waals surface area (Å²) in [6, 6.07) is 18.2. The molecule has 320 valence electrons. The molecule has 3 aromatic rings. The number of aryl methyl sites for hydroxylation is 3. The number of benzene rings is 3. The molecule has 0 unspecified atom stereocenters. The summed E-state index contributed by atoms with van der Waals surface area (Å²) in [7, 11) is 2.57. The fourth-order valence-electron chi connectivity index (χ4n) is 9.49. The molecule has 0 aliphatic heterocycles. The minimum atomic E-state index is -1.37. The van der Waals surface area contributed by atoms with Crippen LogP contribution in [0.2, 0.25) is 21.4 Å². The predicted molar refractivity (Wildman–Crippen MR) is 261 cm³/mol. The smallest absolute Gasteiger partial charge is 0.0816 e. The molecule has 0 N–H and O–H groups in total. The van der Waals surface area contributed by atoms with Gasteiger partial charge in [0, 0.05) is 15.1 Å². The van der Waals surface area contributed by atoms with Crippen molar-refractivity contribution < 1.29 is 4.48 Å². The predicted octanol–water partition coefficient (Wildman–Crippen LogP) is 15.7. The molecule has 0 atom stereocenters. The van der Waals surface area contributed by atoms with Gasteiger partial charge in [-0.2, -0.15) is 22.7 Å². The van der Waals surface area contributed by atoms with Crippen molar-refractivity contribution in [1.82, 2.24) is 0 Å². The third-order valence-corrected chi connectivity index (χ3v) is 14.8. The van der Waals surface area contributed by atoms with Gasteiger partial charge in [-0.25, -0.2) is 0 Å². The number of unbranched alkanes of at least 4 members (excludes halogenated alkanes) is 18. The van der Waals surface area contributed by atoms with Crippen LogP contribution in [-0.4, -0.2) is 37.3 Å². The fourth-order valence-corrected chi connectivity index (χ4v) is 10.1. The van der Waals surface area contributed by atoms with E-state index in [-0.39, 0.29) is 0 Å². The maximum Gasteiger partial charge on any atom is 0.0816 e. The first-order valence-corrected chi connectivity index (χ1v) is 25.0. The first-order valence-electron chi connectivity index (χ1n) is 23.8. The Bertz CT molecular complexity index is 1500. The minimum absolute atomic E-state index is 0.822. The number of hydrogen-bond acceptors (Lipinski definition) is 0. The molecular formula is C52H83BCl3N. The van der Waals surface area contributed by atoms with E-state index in [9.17, 15) is 0 Å². The van der Waals surface area contributed by atoms with E-state index in [0.717, 1.165) is 45.4 Å². The van der Waals surface area contributed by atoms with Gasteiger partial charge in [-0.15, -0.1) is 0 Å². The molecular weight excluding hydrogens is 756 g/mol. The Morgan fingerprint density at radius 1 is 0.439 bits per heavy atom. The molecule has 0 heterocycles. The van der Waals surface area contributed by atoms with E-state index < -0.39 is 6.15 Å². The van der Waals surface area contributed by atoms with Gasteiger partial charge in [0.15, 0.2) is 0 Å². The SMILES string of the molecule is CCCCCCCC[N+](C)(CCCCCCCC)CCCCCCCCc1cc([B-](CCCCCC)(c2ccc(C)c(Cl)c2)c2ccc(C)c(Cl)c2)cc(Cl)c1C. The van der Waals surface area contributed by atoms with Crippen LogP contribution >= 0.6 is 34.8 Å². The molecule has 0 spiro atoms. The monoisotopic (exact) mass is 838 g/mol. The molecule has 0 saturated carbocycles. The summed E-state index contributed by atoms with van der Waals surface area (Å²) in [5.41, 5.74) is 8.72. The van der Waals surface area contributed by atoms with E-state index in [2.05, 4.69) is 97.1 Å². The highest BCUT2D eigenvalue weighted by Gasteiger charge is 2.31. The summed E-state index contributed by atoms with van der Waals surface area (Å²) in [5.74, 6) is 0. The summed E-state index contributed by atoms with van der Waals surface area (Å²) in [6.07, 6.45) is 30.2. The zero-order valence-electron chi connectivity index (χ0n) is 37.9. The highest BCUT2D eigenvalue weighted by Crippen LogP contribution is 2.28. The third kappa shape index (κ3) is 16.5. The molecule has 1 nitrogen and oxygen atoms in total. The molecule has 3 aromatic carbocycles. The van der Waals surface area contributed by atoms with Gasteiger partial charge in [0.05, 0.1) is 32.8 Å². The second kappa shape index (κ2) is 27.4. The van der Waals surface area contributed by atoms with Gasteiger partial charge in [0.25, 0.3) is 0 Å². The molecule has 57 heavy (non-hydrogen) atoms. The van der Waals surface area contributed by atoms with Crippen molar-refractivity contribution in [2.75, 3.05) is 26.7 Å². The summed E-state index contributed by atoms with van der Waals surface area (Å²) in [5, 5.41) is 2.52. The van der Waals surface area contributed by atoms with Crippen LogP contribution in [0.15, 0.2) is 48.5 Å². The number of nitrogens with zero attached hydrogens (tertiary/aromatic N) is 1. The first-order chi connectivity index (χ1) is 27.5. The number of hydrogen-bond donors (Lipinski definition) is 0. The van der Waals surface area contributed by atoms with Crippen molar-refractivity contribution in [3.05, 3.63) is 85.9 Å². The number of rotatable bonds is 31. The lowest BCUT2D eigenvalue weighted by Gasteiger charge is -2.44. The fraction of sp³-hybridized carbons (Fsp3) is 0.654. The third-order valence-electron chi connectivity index (χ3n) is 13.6. The Labute approximate surface area is 367 Å². The van der Waals surface area contributed by atoms with Gasteiger partial charge < -0.3 is 4.48 Å². The van der Waals surface area contributed by atoms with Crippen LogP contribution in [0, 0.1) is 20.8 Å². The summed E-state index contributed by atoms with van der Waals surface area (Å²) < 4.78 is 1.29. The summed E-state index contributed by atoms with van der Waals surface area (Å²) in [4.78, 5) is 0. The van der Waals surface area contributed by atoms with Gasteiger partial charge in [-0.05, 0) is 94.4 Å². The van der Waals surface area contributed by atoms with Gasteiger partial charge >= 0.3 is 0 Å². The summed E-state index contributed by atoms with van der Waals surface area (Å²) in [6.45, 7) is 17.4. The standard InChI is InChI=1S/C52H83BCl3N/c1-8-11-14-17-22-27-36-57(7,37-28-23-18-15-12-9-2)38-29-24-20-19-21-25-30-46-39-49(42-52(56)45(46)6)53(35-26-16-13-10-3,47-33-31-43(4)50(54)40-47)48-34-32-44(5)51(55)41-48/h31-34,39-42H,8-30,35-38H2,1-7H3. The van der Waals surface area contributed by atoms with Gasteiger partial charge in [-0.3, -0.25) is 0 Å². The van der Waals surface area contributed by atoms with Crippen LogP contribution in [0.5, 0.6) is 0 Å². The van der Waals surface area contributed by atoms with E-state index in [4.69, 9.17) is 34.8 Å². The van der Waals surface area contributed by atoms with E-state index in [1.54, 1.807) is 0 Å². The number of halogens is 3. The van der Waals surface area contributed by atoms with E-state index in [0.29, 0.717) is 0 Å². The lowest BCUT2D eigenvalue weighted by atomic mass is 9.14. The van der Waals surface area contributed by atoms with Crippen LogP contribution < -0.4 is 16.4 Å². The lowest BCUT2D eigenvalue weighted by molar-refractivity contribution is -0.910. The van der Waals surface area contributed by atoms with Crippen LogP contribution in [-0.2, 0) is 6.42 Å². The second-order valence-electron chi connectivity index (χ2n) is 18.4. The van der Waals surface area contributed by atoms with E-state index in [1.807, 2.05) is 0 Å². The molecule has 0 aliphatic carbocycles. The van der Waals surface area contributed by atoms with Crippen molar-refractivity contribution in [2.24, 2.45) is 0 Å². The van der Waals surface area contributed by atoms with Gasteiger partial charge in [0.1, 0.15) is 0 Å². The zero-order chi connectivity index (χ0) is 41.5. The van der Waals surface area contributed by atoms with Crippen molar-refractivity contribution in [3.8, 4) is 0 Å². The molecule has 0 aliphatic rings. The Morgan fingerprint density at radius 3 is 1.26 bits per heavy atom. The molecule has 0 radical (unpaired) electrons. The average molecular weight is 839 g/mol. The van der Waals surface area contributed by atoms with E-state index >= 15 is 0 Å². The highest BCUT2D eigenvalue weighted by molar-refractivity contribution is 7.11. The van der Waals surface area contributed by atoms with Crippen LogP contribution in [0.4, 0.5) is 0 Å². The maximum absolute atomic E-state index is 7.21. The second-order valence-corrected chi connectivity index (χ2v) is 19.6. The molecule has 5 heteroatoms. The average Bonchev–Trinajstić information content (AvgIpc) is 3.19. The largest absolute Gasteiger partial charge is 0.326 e. The van der Waals surface area contributed by atoms with Crippen LogP contribution in [0.1, 0.15) is 184 Å². The summed E-state index contributed by atoms with van der Waals surface area (Å²) >= 11 is 21.0. The normalized spacial score (nSPS) is 12.2. The first kappa shape index (κ1) is 49.9. The van der Waals surface area contributed by atoms with Crippen molar-refractivity contribution in [2.45, 2.75) is 196 Å². The number of quaternary nitrogens is 1. The minimum Gasteiger partial charge on any atom is -0.326 e. The maximum atomic E-state index is 7.21. The topological polar surface area (TPSA) is 0 Å². The van der Waals surface area contributed by atoms with Crippen molar-refractivity contribution in [3.63, 3.8) is 0 Å². The molecule has 0 saturated heterocycles. The molecule has 0 aromatic heterocycles. The Hall–Kier alpha value is -1.45. The lowest BCUT2D eigenvalue weighted by Crippen LogP contribution is -2.67. The quantitative estimate of drug-likeness (QED) is 0.0344. The molecule has 0 fully saturated rings. The van der Waals surface area contributed by atoms with Crippen molar-refractivity contribution >= 4 is 57.3 Å². The van der Waals surface area contributed by atoms with Gasteiger partial charge in [-0.1, -0.05) is 200 Å². The van der Waals surface area contributed by atoms with Crippen LogP contribution in [0.3, 0.4) is 0 Å². The Morgan fingerprint density at radius 2 is 0.825 bits per heavy atom.